The van der Waals surface area contributed by atoms with Crippen LogP contribution in [0.4, 0.5) is 0 Å². The van der Waals surface area contributed by atoms with Crippen molar-refractivity contribution in [2.75, 3.05) is 7.05 Å². The molecular weight excluding hydrogens is 242 g/mol. The molecule has 0 aliphatic heterocycles. The predicted octanol–water partition coefficient (Wildman–Crippen LogP) is 5.52. The molecule has 0 aliphatic carbocycles. The number of unbranched alkanes of at least 4 members (excludes halogenated alkanes) is 5. The van der Waals surface area contributed by atoms with Gasteiger partial charge in [-0.25, -0.2) is 0 Å². The first-order valence-electron chi connectivity index (χ1n) is 8.55. The summed E-state index contributed by atoms with van der Waals surface area (Å²) in [5.74, 6) is 0.650. The van der Waals surface area contributed by atoms with E-state index >= 15 is 0 Å². The van der Waals surface area contributed by atoms with E-state index in [1.165, 1.54) is 56.9 Å². The fourth-order valence-corrected chi connectivity index (χ4v) is 3.14. The van der Waals surface area contributed by atoms with Gasteiger partial charge < -0.3 is 5.32 Å². The second-order valence-electron chi connectivity index (χ2n) is 5.88. The Morgan fingerprint density at radius 1 is 0.900 bits per heavy atom. The molecule has 0 aliphatic rings. The Morgan fingerprint density at radius 2 is 1.55 bits per heavy atom. The molecule has 1 N–H and O–H groups in total. The molecule has 0 aromatic heterocycles. The lowest BCUT2D eigenvalue weighted by atomic mass is 9.86. The van der Waals surface area contributed by atoms with Gasteiger partial charge in [0.15, 0.2) is 0 Å². The quantitative estimate of drug-likeness (QED) is 0.524. The minimum absolute atomic E-state index is 0.619. The molecule has 0 fully saturated rings. The molecule has 1 nitrogen and oxygen atoms in total. The van der Waals surface area contributed by atoms with Gasteiger partial charge in [-0.1, -0.05) is 82.7 Å². The van der Waals surface area contributed by atoms with Gasteiger partial charge in [0.05, 0.1) is 0 Å². The lowest BCUT2D eigenvalue weighted by Gasteiger charge is -2.26. The van der Waals surface area contributed by atoms with E-state index in [4.69, 9.17) is 0 Å². The fourth-order valence-electron chi connectivity index (χ4n) is 3.14. The number of likely N-dealkylation sites (N-methyl/N-ethyl adjacent to an activating group) is 1. The van der Waals surface area contributed by atoms with Crippen LogP contribution in [-0.2, 0) is 0 Å². The molecule has 114 valence electrons. The third-order valence-electron chi connectivity index (χ3n) is 4.39. The zero-order chi connectivity index (χ0) is 14.6. The summed E-state index contributed by atoms with van der Waals surface area (Å²) >= 11 is 0. The molecule has 2 unspecified atom stereocenters. The molecular formula is C19H33N. The Morgan fingerprint density at radius 3 is 2.15 bits per heavy atom. The molecule has 0 radical (unpaired) electrons. The topological polar surface area (TPSA) is 12.0 Å². The van der Waals surface area contributed by atoms with Crippen LogP contribution in [0, 0.1) is 0 Å². The van der Waals surface area contributed by atoms with Crippen molar-refractivity contribution in [3.05, 3.63) is 35.9 Å². The summed E-state index contributed by atoms with van der Waals surface area (Å²) in [7, 11) is 2.12. The average molecular weight is 275 g/mol. The molecule has 0 saturated carbocycles. The first kappa shape index (κ1) is 17.2. The predicted molar refractivity (Wildman–Crippen MR) is 90.3 cm³/mol. The Hall–Kier alpha value is -0.820. The summed E-state index contributed by atoms with van der Waals surface area (Å²) in [6.07, 6.45) is 10.8. The fraction of sp³-hybridized carbons (Fsp3) is 0.684. The molecule has 0 saturated heterocycles. The number of nitrogens with one attached hydrogen (secondary N) is 1. The molecule has 2 atom stereocenters. The summed E-state index contributed by atoms with van der Waals surface area (Å²) < 4.78 is 0. The van der Waals surface area contributed by atoms with Crippen molar-refractivity contribution in [1.29, 1.82) is 0 Å². The van der Waals surface area contributed by atoms with Crippen molar-refractivity contribution in [1.82, 2.24) is 5.32 Å². The molecule has 0 bridgehead atoms. The van der Waals surface area contributed by atoms with Gasteiger partial charge in [-0.05, 0) is 31.4 Å². The number of rotatable bonds is 11. The molecule has 1 aromatic rings. The molecule has 0 spiro atoms. The zero-order valence-electron chi connectivity index (χ0n) is 13.7. The minimum atomic E-state index is 0.619. The van der Waals surface area contributed by atoms with E-state index in [0.717, 1.165) is 0 Å². The van der Waals surface area contributed by atoms with Gasteiger partial charge in [-0.15, -0.1) is 0 Å². The van der Waals surface area contributed by atoms with Gasteiger partial charge in [-0.2, -0.15) is 0 Å². The van der Waals surface area contributed by atoms with E-state index in [9.17, 15) is 0 Å². The van der Waals surface area contributed by atoms with Crippen molar-refractivity contribution in [2.45, 2.75) is 77.2 Å². The third kappa shape index (κ3) is 6.09. The van der Waals surface area contributed by atoms with Crippen LogP contribution in [0.2, 0.25) is 0 Å². The van der Waals surface area contributed by atoms with E-state index < -0.39 is 0 Å². The van der Waals surface area contributed by atoms with Gasteiger partial charge in [-0.3, -0.25) is 0 Å². The van der Waals surface area contributed by atoms with Crippen molar-refractivity contribution >= 4 is 0 Å². The van der Waals surface area contributed by atoms with Crippen molar-refractivity contribution in [3.8, 4) is 0 Å². The molecule has 20 heavy (non-hydrogen) atoms. The van der Waals surface area contributed by atoms with Crippen molar-refractivity contribution in [2.24, 2.45) is 0 Å². The van der Waals surface area contributed by atoms with Crippen LogP contribution in [-0.4, -0.2) is 13.1 Å². The smallest absolute Gasteiger partial charge is 0.0133 e. The van der Waals surface area contributed by atoms with Gasteiger partial charge in [0.25, 0.3) is 0 Å². The van der Waals surface area contributed by atoms with Gasteiger partial charge >= 0.3 is 0 Å². The van der Waals surface area contributed by atoms with E-state index in [1.54, 1.807) is 0 Å². The number of hydrogen-bond acceptors (Lipinski definition) is 1. The highest BCUT2D eigenvalue weighted by atomic mass is 14.9. The Kier molecular flexibility index (Phi) is 9.40. The van der Waals surface area contributed by atoms with Crippen LogP contribution in [0.25, 0.3) is 0 Å². The Balaban J connectivity index is 2.39. The second-order valence-corrected chi connectivity index (χ2v) is 5.88. The molecule has 1 heteroatoms. The van der Waals surface area contributed by atoms with Crippen molar-refractivity contribution < 1.29 is 0 Å². The van der Waals surface area contributed by atoms with Crippen molar-refractivity contribution in [3.63, 3.8) is 0 Å². The maximum absolute atomic E-state index is 3.55. The van der Waals surface area contributed by atoms with Crippen LogP contribution < -0.4 is 5.32 Å². The SMILES string of the molecule is CCCCCCCCC(NC)C(CC)c1ccccc1. The Bertz CT molecular complexity index is 320. The summed E-state index contributed by atoms with van der Waals surface area (Å²) in [5.41, 5.74) is 1.49. The highest BCUT2D eigenvalue weighted by Crippen LogP contribution is 2.26. The van der Waals surface area contributed by atoms with E-state index in [2.05, 4.69) is 56.5 Å². The van der Waals surface area contributed by atoms with Gasteiger partial charge in [0, 0.05) is 6.04 Å². The maximum Gasteiger partial charge on any atom is 0.0133 e. The van der Waals surface area contributed by atoms with Gasteiger partial charge in [0.1, 0.15) is 0 Å². The van der Waals surface area contributed by atoms with E-state index in [0.29, 0.717) is 12.0 Å². The third-order valence-corrected chi connectivity index (χ3v) is 4.39. The van der Waals surface area contributed by atoms with Crippen LogP contribution in [0.15, 0.2) is 30.3 Å². The second kappa shape index (κ2) is 10.9. The van der Waals surface area contributed by atoms with Gasteiger partial charge in [0.2, 0.25) is 0 Å². The lowest BCUT2D eigenvalue weighted by Crippen LogP contribution is -2.31. The minimum Gasteiger partial charge on any atom is -0.316 e. The summed E-state index contributed by atoms with van der Waals surface area (Å²) in [4.78, 5) is 0. The summed E-state index contributed by atoms with van der Waals surface area (Å²) in [6.45, 7) is 4.59. The monoisotopic (exact) mass is 275 g/mol. The zero-order valence-corrected chi connectivity index (χ0v) is 13.7. The first-order chi connectivity index (χ1) is 9.83. The molecule has 1 aromatic carbocycles. The van der Waals surface area contributed by atoms with E-state index in [-0.39, 0.29) is 0 Å². The number of hydrogen-bond donors (Lipinski definition) is 1. The first-order valence-corrected chi connectivity index (χ1v) is 8.55. The highest BCUT2D eigenvalue weighted by molar-refractivity contribution is 5.21. The van der Waals surface area contributed by atoms with E-state index in [1.807, 2.05) is 0 Å². The summed E-state index contributed by atoms with van der Waals surface area (Å²) in [6, 6.07) is 11.6. The highest BCUT2D eigenvalue weighted by Gasteiger charge is 2.19. The Labute approximate surface area is 126 Å². The van der Waals surface area contributed by atoms with Crippen LogP contribution in [0.1, 0.15) is 76.7 Å². The molecule has 0 amide bonds. The standard InChI is InChI=1S/C19H33N/c1-4-6-7-8-9-13-16-19(20-3)18(5-2)17-14-11-10-12-15-17/h10-12,14-15,18-20H,4-9,13,16H2,1-3H3. The van der Waals surface area contributed by atoms with Crippen LogP contribution >= 0.6 is 0 Å². The van der Waals surface area contributed by atoms with Crippen LogP contribution in [0.5, 0.6) is 0 Å². The normalized spacial score (nSPS) is 14.2. The maximum atomic E-state index is 3.55. The summed E-state index contributed by atoms with van der Waals surface area (Å²) in [5, 5.41) is 3.55. The average Bonchev–Trinajstić information content (AvgIpc) is 2.50. The number of benzene rings is 1. The molecule has 1 rings (SSSR count). The van der Waals surface area contributed by atoms with Crippen LogP contribution in [0.3, 0.4) is 0 Å². The molecule has 0 heterocycles. The lowest BCUT2D eigenvalue weighted by molar-refractivity contribution is 0.406. The largest absolute Gasteiger partial charge is 0.316 e.